The van der Waals surface area contributed by atoms with E-state index in [1.165, 1.54) is 5.57 Å². The van der Waals surface area contributed by atoms with E-state index in [1.807, 2.05) is 36.5 Å². The van der Waals surface area contributed by atoms with Crippen molar-refractivity contribution in [1.29, 1.82) is 0 Å². The van der Waals surface area contributed by atoms with Gasteiger partial charge in [-0.05, 0) is 24.5 Å². The van der Waals surface area contributed by atoms with Gasteiger partial charge in [0.05, 0.1) is 11.4 Å². The highest BCUT2D eigenvalue weighted by atomic mass is 15.0. The molecule has 0 spiro atoms. The van der Waals surface area contributed by atoms with Gasteiger partial charge in [-0.1, -0.05) is 60.1 Å². The van der Waals surface area contributed by atoms with Crippen molar-refractivity contribution in [2.45, 2.75) is 12.8 Å². The third-order valence-corrected chi connectivity index (χ3v) is 4.01. The lowest BCUT2D eigenvalue weighted by atomic mass is 9.97. The lowest BCUT2D eigenvalue weighted by Gasteiger charge is -2.12. The molecule has 0 N–H and O–H groups in total. The van der Waals surface area contributed by atoms with Crippen LogP contribution in [0.25, 0.3) is 22.5 Å². The highest BCUT2D eigenvalue weighted by Gasteiger charge is 2.17. The molecule has 0 saturated carbocycles. The van der Waals surface area contributed by atoms with E-state index in [2.05, 4.69) is 34.8 Å². The van der Waals surface area contributed by atoms with Crippen molar-refractivity contribution in [3.8, 4) is 11.3 Å². The molecule has 2 aromatic heterocycles. The lowest BCUT2D eigenvalue weighted by molar-refractivity contribution is 1.03. The molecule has 1 aromatic carbocycles. The van der Waals surface area contributed by atoms with Crippen LogP contribution in [0.5, 0.6) is 0 Å². The fourth-order valence-electron chi connectivity index (χ4n) is 2.97. The Morgan fingerprint density at radius 2 is 1.91 bits per heavy atom. The van der Waals surface area contributed by atoms with Crippen LogP contribution in [-0.2, 0) is 0 Å². The normalized spacial score (nSPS) is 14.3. The molecule has 0 saturated heterocycles. The van der Waals surface area contributed by atoms with E-state index in [1.54, 1.807) is 0 Å². The fourth-order valence-corrected chi connectivity index (χ4v) is 2.97. The second-order valence-electron chi connectivity index (χ2n) is 5.52. The van der Waals surface area contributed by atoms with Gasteiger partial charge in [0.25, 0.3) is 0 Å². The zero-order valence-corrected chi connectivity index (χ0v) is 12.2. The summed E-state index contributed by atoms with van der Waals surface area (Å²) in [4.78, 5) is 4.84. The van der Waals surface area contributed by atoms with Gasteiger partial charge in [0, 0.05) is 11.8 Å². The monoisotopic (exact) mass is 282 g/mol. The number of benzene rings is 1. The summed E-state index contributed by atoms with van der Waals surface area (Å²) in [6.07, 6.45) is 10.6. The second-order valence-corrected chi connectivity index (χ2v) is 5.52. The van der Waals surface area contributed by atoms with Gasteiger partial charge in [0.2, 0.25) is 0 Å². The first-order valence-electron chi connectivity index (χ1n) is 7.52. The zero-order valence-electron chi connectivity index (χ0n) is 12.2. The van der Waals surface area contributed by atoms with E-state index in [0.717, 1.165) is 40.9 Å². The quantitative estimate of drug-likeness (QED) is 0.657. The Labute approximate surface area is 131 Å². The first-order valence-corrected chi connectivity index (χ1v) is 7.52. The standard InChI is InChI=1S/C19H15BN2/c20-16-11-12-17-21-18(14-7-3-1-4-8-14)19(22(17)13-16)15-9-5-2-6-10-15/h1-5,7-9,11-13H,6,10H2. The summed E-state index contributed by atoms with van der Waals surface area (Å²) in [5.41, 5.74) is 6.29. The van der Waals surface area contributed by atoms with Crippen molar-refractivity contribution < 1.29 is 0 Å². The second kappa shape index (κ2) is 5.34. The molecule has 3 heteroatoms. The molecule has 0 atom stereocenters. The SMILES string of the molecule is [B]c1ccc2nc(-c3ccccc3)c(C3=CC=CCC3)n2c1. The van der Waals surface area contributed by atoms with Crippen LogP contribution in [0, 0.1) is 0 Å². The molecular formula is C19H15BN2. The van der Waals surface area contributed by atoms with Gasteiger partial charge in [0.15, 0.2) is 0 Å². The predicted octanol–water partition coefficient (Wildman–Crippen LogP) is 3.53. The molecule has 2 nitrogen and oxygen atoms in total. The molecule has 1 aliphatic carbocycles. The summed E-state index contributed by atoms with van der Waals surface area (Å²) in [7, 11) is 5.99. The Bertz CT molecular complexity index is 888. The van der Waals surface area contributed by atoms with Gasteiger partial charge in [-0.3, -0.25) is 4.40 Å². The number of imidazole rings is 1. The molecule has 2 heterocycles. The third-order valence-electron chi connectivity index (χ3n) is 4.01. The molecular weight excluding hydrogens is 267 g/mol. The largest absolute Gasteiger partial charge is 0.300 e. The fraction of sp³-hybridized carbons (Fsp3) is 0.105. The van der Waals surface area contributed by atoms with Crippen LogP contribution in [0.1, 0.15) is 18.5 Å². The molecule has 4 rings (SSSR count). The van der Waals surface area contributed by atoms with Gasteiger partial charge in [0.1, 0.15) is 13.5 Å². The van der Waals surface area contributed by atoms with Crippen LogP contribution < -0.4 is 5.46 Å². The maximum atomic E-state index is 5.99. The molecule has 104 valence electrons. The Kier molecular flexibility index (Phi) is 3.19. The summed E-state index contributed by atoms with van der Waals surface area (Å²) >= 11 is 0. The molecule has 0 unspecified atom stereocenters. The summed E-state index contributed by atoms with van der Waals surface area (Å²) < 4.78 is 2.11. The van der Waals surface area contributed by atoms with Gasteiger partial charge in [-0.15, -0.1) is 0 Å². The Morgan fingerprint density at radius 3 is 2.68 bits per heavy atom. The van der Waals surface area contributed by atoms with Crippen LogP contribution in [0.3, 0.4) is 0 Å². The minimum Gasteiger partial charge on any atom is -0.300 e. The maximum absolute atomic E-state index is 5.99. The molecule has 3 aromatic rings. The van der Waals surface area contributed by atoms with Gasteiger partial charge in [-0.25, -0.2) is 4.98 Å². The van der Waals surface area contributed by atoms with Crippen molar-refractivity contribution in [2.75, 3.05) is 0 Å². The third kappa shape index (κ3) is 2.19. The number of aromatic nitrogens is 2. The Hall–Kier alpha value is -2.55. The predicted molar refractivity (Wildman–Crippen MR) is 92.4 cm³/mol. The van der Waals surface area contributed by atoms with Crippen LogP contribution in [-0.4, -0.2) is 17.2 Å². The van der Waals surface area contributed by atoms with Gasteiger partial charge >= 0.3 is 0 Å². The number of nitrogens with zero attached hydrogens (tertiary/aromatic N) is 2. The Balaban J connectivity index is 2.03. The maximum Gasteiger partial charge on any atom is 0.137 e. The zero-order chi connectivity index (χ0) is 14.9. The highest BCUT2D eigenvalue weighted by molar-refractivity contribution is 6.32. The van der Waals surface area contributed by atoms with E-state index < -0.39 is 0 Å². The molecule has 2 radical (unpaired) electrons. The molecule has 22 heavy (non-hydrogen) atoms. The summed E-state index contributed by atoms with van der Waals surface area (Å²) in [6, 6.07) is 14.2. The average Bonchev–Trinajstić information content (AvgIpc) is 2.95. The number of allylic oxidation sites excluding steroid dienone is 4. The highest BCUT2D eigenvalue weighted by Crippen LogP contribution is 2.32. The minimum atomic E-state index is 0.748. The molecule has 0 amide bonds. The van der Waals surface area contributed by atoms with E-state index in [0.29, 0.717) is 0 Å². The van der Waals surface area contributed by atoms with Crippen molar-refractivity contribution in [1.82, 2.24) is 9.38 Å². The van der Waals surface area contributed by atoms with Crippen LogP contribution in [0.4, 0.5) is 0 Å². The topological polar surface area (TPSA) is 17.3 Å². The number of hydrogen-bond acceptors (Lipinski definition) is 1. The van der Waals surface area contributed by atoms with E-state index in [-0.39, 0.29) is 0 Å². The van der Waals surface area contributed by atoms with E-state index >= 15 is 0 Å². The van der Waals surface area contributed by atoms with Gasteiger partial charge in [-0.2, -0.15) is 0 Å². The van der Waals surface area contributed by atoms with E-state index in [9.17, 15) is 0 Å². The Morgan fingerprint density at radius 1 is 1.05 bits per heavy atom. The number of pyridine rings is 1. The van der Waals surface area contributed by atoms with Crippen molar-refractivity contribution in [3.63, 3.8) is 0 Å². The number of fused-ring (bicyclic) bond motifs is 1. The summed E-state index contributed by atoms with van der Waals surface area (Å²) in [6.45, 7) is 0. The summed E-state index contributed by atoms with van der Waals surface area (Å²) in [5, 5.41) is 0. The van der Waals surface area contributed by atoms with Crippen LogP contribution >= 0.6 is 0 Å². The van der Waals surface area contributed by atoms with Crippen LogP contribution in [0.15, 0.2) is 66.9 Å². The lowest BCUT2D eigenvalue weighted by Crippen LogP contribution is -2.06. The average molecular weight is 282 g/mol. The van der Waals surface area contributed by atoms with Crippen molar-refractivity contribution >= 4 is 24.5 Å². The molecule has 0 aliphatic heterocycles. The van der Waals surface area contributed by atoms with Crippen LogP contribution in [0.2, 0.25) is 0 Å². The molecule has 1 aliphatic rings. The summed E-state index contributed by atoms with van der Waals surface area (Å²) in [5.74, 6) is 0. The molecule has 0 fully saturated rings. The minimum absolute atomic E-state index is 0.748. The first kappa shape index (κ1) is 13.1. The smallest absolute Gasteiger partial charge is 0.137 e. The first-order chi connectivity index (χ1) is 10.8. The van der Waals surface area contributed by atoms with Crippen molar-refractivity contribution in [3.05, 3.63) is 72.6 Å². The van der Waals surface area contributed by atoms with Gasteiger partial charge < -0.3 is 0 Å². The van der Waals surface area contributed by atoms with E-state index in [4.69, 9.17) is 12.8 Å². The van der Waals surface area contributed by atoms with Crippen molar-refractivity contribution in [2.24, 2.45) is 0 Å². The molecule has 0 bridgehead atoms. The number of rotatable bonds is 2. The number of hydrogen-bond donors (Lipinski definition) is 0.